The highest BCUT2D eigenvalue weighted by Crippen LogP contribution is 2.33. The summed E-state index contributed by atoms with van der Waals surface area (Å²) in [5.74, 6) is 2.48. The highest BCUT2D eigenvalue weighted by molar-refractivity contribution is 5.93. The van der Waals surface area contributed by atoms with Crippen molar-refractivity contribution in [2.45, 2.75) is 84.5 Å². The van der Waals surface area contributed by atoms with Crippen LogP contribution >= 0.6 is 0 Å². The van der Waals surface area contributed by atoms with Crippen molar-refractivity contribution in [3.8, 4) is 0 Å². The summed E-state index contributed by atoms with van der Waals surface area (Å²) in [6.07, 6.45) is 4.68. The average Bonchev–Trinajstić information content (AvgIpc) is 3.53. The lowest BCUT2D eigenvalue weighted by Gasteiger charge is -2.33. The van der Waals surface area contributed by atoms with Crippen LogP contribution in [0.5, 0.6) is 0 Å². The van der Waals surface area contributed by atoms with Crippen LogP contribution in [0.1, 0.15) is 82.9 Å². The summed E-state index contributed by atoms with van der Waals surface area (Å²) in [6, 6.07) is 8.65. The van der Waals surface area contributed by atoms with Crippen LogP contribution in [-0.4, -0.2) is 55.6 Å². The molecule has 2 atom stereocenters. The molecule has 3 aromatic heterocycles. The summed E-state index contributed by atoms with van der Waals surface area (Å²) >= 11 is 0. The van der Waals surface area contributed by atoms with Crippen molar-refractivity contribution in [3.63, 3.8) is 0 Å². The summed E-state index contributed by atoms with van der Waals surface area (Å²) < 4.78 is 9.69. The van der Waals surface area contributed by atoms with E-state index in [4.69, 9.17) is 14.9 Å². The summed E-state index contributed by atoms with van der Waals surface area (Å²) in [7, 11) is 1.74. The van der Waals surface area contributed by atoms with Crippen molar-refractivity contribution in [1.82, 2.24) is 29.4 Å². The fourth-order valence-corrected chi connectivity index (χ4v) is 5.26. The number of nitrogens with one attached hydrogen (secondary N) is 2. The van der Waals surface area contributed by atoms with Crippen LogP contribution in [0.3, 0.4) is 0 Å². The first-order valence-corrected chi connectivity index (χ1v) is 14.1. The van der Waals surface area contributed by atoms with Crippen molar-refractivity contribution >= 4 is 23.4 Å². The molecule has 1 aliphatic heterocycles. The topological polar surface area (TPSA) is 102 Å². The second-order valence-electron chi connectivity index (χ2n) is 11.9. The number of methoxy groups -OCH3 is 1. The van der Waals surface area contributed by atoms with E-state index in [1.54, 1.807) is 13.3 Å². The first-order valence-electron chi connectivity index (χ1n) is 14.1. The minimum absolute atomic E-state index is 0.0515. The normalized spacial score (nSPS) is 18.6. The Hall–Kier alpha value is -3.24. The highest BCUT2D eigenvalue weighted by Gasteiger charge is 2.30. The van der Waals surface area contributed by atoms with E-state index in [1.807, 2.05) is 12.1 Å². The van der Waals surface area contributed by atoms with Crippen LogP contribution in [0.4, 0.5) is 17.5 Å². The van der Waals surface area contributed by atoms with E-state index < -0.39 is 0 Å². The molecule has 10 nitrogen and oxygen atoms in total. The number of rotatable bonds is 10. The van der Waals surface area contributed by atoms with Crippen molar-refractivity contribution in [3.05, 3.63) is 47.4 Å². The molecule has 1 saturated carbocycles. The van der Waals surface area contributed by atoms with Gasteiger partial charge in [-0.25, -0.2) is 4.98 Å². The van der Waals surface area contributed by atoms with Crippen molar-refractivity contribution in [2.24, 2.45) is 5.92 Å². The Morgan fingerprint density at radius 1 is 1.13 bits per heavy atom. The molecule has 2 N–H and O–H groups in total. The summed E-state index contributed by atoms with van der Waals surface area (Å²) in [5.41, 5.74) is 3.42. The van der Waals surface area contributed by atoms with Gasteiger partial charge in [0.15, 0.2) is 11.6 Å². The van der Waals surface area contributed by atoms with E-state index in [0.29, 0.717) is 12.4 Å². The Bertz CT molecular complexity index is 1300. The van der Waals surface area contributed by atoms with E-state index in [9.17, 15) is 4.79 Å². The maximum absolute atomic E-state index is 12.2. The monoisotopic (exact) mass is 534 g/mol. The van der Waals surface area contributed by atoms with Gasteiger partial charge in [-0.2, -0.15) is 10.2 Å². The highest BCUT2D eigenvalue weighted by atomic mass is 16.5. The zero-order valence-corrected chi connectivity index (χ0v) is 24.1. The van der Waals surface area contributed by atoms with E-state index in [1.165, 1.54) is 11.4 Å². The number of fused-ring (bicyclic) bond motifs is 1. The van der Waals surface area contributed by atoms with Gasteiger partial charge in [0, 0.05) is 61.6 Å². The number of ether oxygens (including phenoxy) is 1. The maximum atomic E-state index is 12.2. The van der Waals surface area contributed by atoms with Crippen LogP contribution < -0.4 is 10.6 Å². The summed E-state index contributed by atoms with van der Waals surface area (Å²) in [5, 5.41) is 16.2. The molecule has 1 aliphatic carbocycles. The lowest BCUT2D eigenvalue weighted by atomic mass is 9.91. The first-order chi connectivity index (χ1) is 18.7. The largest absolute Gasteiger partial charge is 0.382 e. The second-order valence-corrected chi connectivity index (χ2v) is 11.9. The molecule has 3 aromatic rings. The number of aromatic nitrogens is 5. The van der Waals surface area contributed by atoms with E-state index in [2.05, 4.69) is 76.6 Å². The van der Waals surface area contributed by atoms with Gasteiger partial charge in [0.2, 0.25) is 5.91 Å². The standard InChI is InChI=1S/C29H42N8O2/c1-7-22(18-39-6)37-24(29(3,4)5)16-27(34-37)31-26-15-23-19(2)35(12-13-36(23)33-26)17-20-10-11-30-25(14-20)32-28(38)21-8-9-21/h10-11,14-16,19,21-22H,7-9,12-13,17-18H2,1-6H3,(H,30,32,38)(H,31,33,34). The average molecular weight is 535 g/mol. The van der Waals surface area contributed by atoms with E-state index in [0.717, 1.165) is 56.1 Å². The number of pyridine rings is 1. The van der Waals surface area contributed by atoms with Crippen LogP contribution in [0.25, 0.3) is 0 Å². The minimum Gasteiger partial charge on any atom is -0.382 e. The predicted octanol–water partition coefficient (Wildman–Crippen LogP) is 5.04. The lowest BCUT2D eigenvalue weighted by molar-refractivity contribution is -0.117. The molecule has 0 saturated heterocycles. The van der Waals surface area contributed by atoms with Gasteiger partial charge in [0.1, 0.15) is 5.82 Å². The van der Waals surface area contributed by atoms with Gasteiger partial charge < -0.3 is 15.4 Å². The zero-order chi connectivity index (χ0) is 27.7. The molecule has 1 amide bonds. The molecule has 0 aromatic carbocycles. The quantitative estimate of drug-likeness (QED) is 0.376. The molecule has 0 bridgehead atoms. The SMILES string of the molecule is CCC(COC)n1nc(Nc2cc3n(n2)CCN(Cc2ccnc(NC(=O)C4CC4)c2)C3C)cc1C(C)(C)C. The molecule has 0 spiro atoms. The molecule has 2 unspecified atom stereocenters. The van der Waals surface area contributed by atoms with Gasteiger partial charge in [-0.1, -0.05) is 27.7 Å². The molecule has 39 heavy (non-hydrogen) atoms. The molecule has 5 rings (SSSR count). The van der Waals surface area contributed by atoms with Crippen molar-refractivity contribution in [1.29, 1.82) is 0 Å². The third-order valence-corrected chi connectivity index (χ3v) is 7.73. The summed E-state index contributed by atoms with van der Waals surface area (Å²) in [6.45, 7) is 14.1. The smallest absolute Gasteiger partial charge is 0.228 e. The van der Waals surface area contributed by atoms with Crippen LogP contribution in [0.2, 0.25) is 0 Å². The third kappa shape index (κ3) is 6.17. The number of amides is 1. The van der Waals surface area contributed by atoms with Gasteiger partial charge in [-0.05, 0) is 43.9 Å². The lowest BCUT2D eigenvalue weighted by Crippen LogP contribution is -2.36. The first kappa shape index (κ1) is 27.3. The molecule has 4 heterocycles. The van der Waals surface area contributed by atoms with Gasteiger partial charge in [-0.15, -0.1) is 0 Å². The predicted molar refractivity (Wildman–Crippen MR) is 152 cm³/mol. The minimum atomic E-state index is -0.0515. The van der Waals surface area contributed by atoms with Crippen molar-refractivity contribution < 1.29 is 9.53 Å². The van der Waals surface area contributed by atoms with E-state index >= 15 is 0 Å². The molecular formula is C29H42N8O2. The Morgan fingerprint density at radius 2 is 1.90 bits per heavy atom. The zero-order valence-electron chi connectivity index (χ0n) is 24.1. The third-order valence-electron chi connectivity index (χ3n) is 7.73. The Balaban J connectivity index is 1.29. The van der Waals surface area contributed by atoms with E-state index in [-0.39, 0.29) is 29.3 Å². The Labute approximate surface area is 231 Å². The van der Waals surface area contributed by atoms with Crippen LogP contribution in [0, 0.1) is 5.92 Å². The fourth-order valence-electron chi connectivity index (χ4n) is 5.26. The summed E-state index contributed by atoms with van der Waals surface area (Å²) in [4.78, 5) is 18.9. The molecule has 1 fully saturated rings. The number of hydrogen-bond donors (Lipinski definition) is 2. The Morgan fingerprint density at radius 3 is 2.59 bits per heavy atom. The number of anilines is 3. The van der Waals surface area contributed by atoms with Gasteiger partial charge in [0.25, 0.3) is 0 Å². The van der Waals surface area contributed by atoms with Crippen molar-refractivity contribution in [2.75, 3.05) is 30.9 Å². The fraction of sp³-hybridized carbons (Fsp3) is 0.586. The van der Waals surface area contributed by atoms with Gasteiger partial charge >= 0.3 is 0 Å². The number of carbonyl (C=O) groups is 1. The number of nitrogens with zero attached hydrogens (tertiary/aromatic N) is 6. The number of hydrogen-bond acceptors (Lipinski definition) is 7. The molecule has 2 aliphatic rings. The second kappa shape index (κ2) is 11.1. The molecule has 10 heteroatoms. The number of carbonyl (C=O) groups excluding carboxylic acids is 1. The van der Waals surface area contributed by atoms with Crippen LogP contribution in [-0.2, 0) is 28.0 Å². The molecular weight excluding hydrogens is 492 g/mol. The molecule has 0 radical (unpaired) electrons. The van der Waals surface area contributed by atoms with Gasteiger partial charge in [0.05, 0.1) is 24.9 Å². The molecule has 210 valence electrons. The van der Waals surface area contributed by atoms with Gasteiger partial charge in [-0.3, -0.25) is 19.1 Å². The Kier molecular flexibility index (Phi) is 7.77. The van der Waals surface area contributed by atoms with Crippen LogP contribution in [0.15, 0.2) is 30.5 Å². The maximum Gasteiger partial charge on any atom is 0.228 e.